The van der Waals surface area contributed by atoms with E-state index in [1.807, 2.05) is 21.1 Å². The van der Waals surface area contributed by atoms with Gasteiger partial charge in [-0.1, -0.05) is 200 Å². The average Bonchev–Trinajstić information content (AvgIpc) is 3.34. The van der Waals surface area contributed by atoms with Crippen molar-refractivity contribution in [2.75, 3.05) is 47.5 Å². The van der Waals surface area contributed by atoms with Crippen molar-refractivity contribution in [2.45, 2.75) is 206 Å². The Bertz CT molecular complexity index is 1570. The molecule has 0 N–H and O–H groups in total. The van der Waals surface area contributed by atoms with Gasteiger partial charge in [0.15, 0.2) is 12.4 Å². The molecule has 71 heavy (non-hydrogen) atoms. The summed E-state index contributed by atoms with van der Waals surface area (Å²) in [6.07, 6.45) is 69.6. The molecule has 402 valence electrons. The van der Waals surface area contributed by atoms with E-state index in [4.69, 9.17) is 18.9 Å². The zero-order chi connectivity index (χ0) is 52.0. The highest BCUT2D eigenvalue weighted by Gasteiger charge is 2.22. The van der Waals surface area contributed by atoms with Crippen molar-refractivity contribution in [1.82, 2.24) is 0 Å². The Kier molecular flexibility index (Phi) is 48.9. The number of carboxylic acid groups (broad SMARTS) is 1. The van der Waals surface area contributed by atoms with Gasteiger partial charge in [-0.2, -0.15) is 0 Å². The third-order valence-electron chi connectivity index (χ3n) is 11.2. The second-order valence-electron chi connectivity index (χ2n) is 19.1. The Labute approximate surface area is 434 Å². The van der Waals surface area contributed by atoms with Gasteiger partial charge >= 0.3 is 11.9 Å². The van der Waals surface area contributed by atoms with Gasteiger partial charge in [0.05, 0.1) is 40.3 Å². The highest BCUT2D eigenvalue weighted by atomic mass is 16.7. The number of aliphatic carboxylic acids is 1. The minimum absolute atomic E-state index is 0.137. The third kappa shape index (κ3) is 53.3. The average molecular weight is 988 g/mol. The van der Waals surface area contributed by atoms with Crippen LogP contribution in [0.25, 0.3) is 0 Å². The summed E-state index contributed by atoms with van der Waals surface area (Å²) in [6.45, 7) is 4.47. The summed E-state index contributed by atoms with van der Waals surface area (Å²) in [6, 6.07) is 0. The number of allylic oxidation sites excluding steroid dienone is 20. The molecule has 0 aromatic rings. The van der Waals surface area contributed by atoms with Crippen molar-refractivity contribution in [2.24, 2.45) is 0 Å². The molecule has 0 spiro atoms. The maximum absolute atomic E-state index is 12.8. The van der Waals surface area contributed by atoms with Gasteiger partial charge < -0.3 is 33.3 Å². The Morgan fingerprint density at radius 1 is 0.423 bits per heavy atom. The van der Waals surface area contributed by atoms with E-state index in [1.54, 1.807) is 0 Å². The molecule has 0 fully saturated rings. The second kappa shape index (κ2) is 52.0. The molecule has 9 nitrogen and oxygen atoms in total. The van der Waals surface area contributed by atoms with Crippen molar-refractivity contribution < 1.29 is 42.9 Å². The molecule has 0 amide bonds. The zero-order valence-electron chi connectivity index (χ0n) is 45.5. The number of nitrogens with zero attached hydrogens (tertiary/aromatic N) is 1. The number of esters is 2. The van der Waals surface area contributed by atoms with Gasteiger partial charge in [-0.3, -0.25) is 9.59 Å². The number of rotatable bonds is 49. The highest BCUT2D eigenvalue weighted by Crippen LogP contribution is 2.14. The van der Waals surface area contributed by atoms with Crippen LogP contribution in [0, 0.1) is 0 Å². The summed E-state index contributed by atoms with van der Waals surface area (Å²) in [7, 11) is 5.90. The number of hydrogen-bond acceptors (Lipinski definition) is 8. The minimum Gasteiger partial charge on any atom is -0.545 e. The van der Waals surface area contributed by atoms with Gasteiger partial charge in [0, 0.05) is 12.8 Å². The lowest BCUT2D eigenvalue weighted by atomic mass is 10.1. The van der Waals surface area contributed by atoms with Gasteiger partial charge in [-0.05, 0) is 103 Å². The van der Waals surface area contributed by atoms with E-state index < -0.39 is 24.3 Å². The molecule has 9 heteroatoms. The maximum Gasteiger partial charge on any atom is 0.306 e. The van der Waals surface area contributed by atoms with Crippen LogP contribution in [0.5, 0.6) is 0 Å². The van der Waals surface area contributed by atoms with Crippen molar-refractivity contribution in [3.05, 3.63) is 122 Å². The molecule has 2 unspecified atom stereocenters. The zero-order valence-corrected chi connectivity index (χ0v) is 45.5. The van der Waals surface area contributed by atoms with Crippen molar-refractivity contribution >= 4 is 17.9 Å². The van der Waals surface area contributed by atoms with Gasteiger partial charge in [0.25, 0.3) is 0 Å². The standard InChI is InChI=1S/C62H101NO8/c1-6-8-10-12-14-16-18-20-22-23-24-25-26-27-28-29-30-31-32-33-34-35-36-37-39-41-43-45-47-49-51-53-60(65)71-58(57-70-62(61(66)67)68-55-54-63(3,4)5)56-69-59(64)52-50-48-46-44-42-40-38-21-19-17-15-13-11-9-7-2/h8-11,14-17,20-22,24-25,27-28,30-31,33-34,38,58,62H,6-7,12-13,18-19,23,26,29,32,35-37,39-57H2,1-5H3/b10-8-,11-9-,16-14-,17-15-,22-20-,25-24-,28-27-,31-30-,34-33-,38-21-. The van der Waals surface area contributed by atoms with E-state index >= 15 is 0 Å². The number of ether oxygens (including phenoxy) is 4. The van der Waals surface area contributed by atoms with Gasteiger partial charge in [0.1, 0.15) is 13.2 Å². The molecular formula is C62H101NO8. The molecule has 0 aliphatic rings. The van der Waals surface area contributed by atoms with Crippen LogP contribution in [0.2, 0.25) is 0 Å². The Morgan fingerprint density at radius 2 is 0.761 bits per heavy atom. The first-order chi connectivity index (χ1) is 34.6. The Balaban J connectivity index is 4.28. The van der Waals surface area contributed by atoms with Gasteiger partial charge in [0.2, 0.25) is 0 Å². The van der Waals surface area contributed by atoms with E-state index in [-0.39, 0.29) is 38.6 Å². The number of hydrogen-bond donors (Lipinski definition) is 0. The smallest absolute Gasteiger partial charge is 0.306 e. The van der Waals surface area contributed by atoms with Crippen LogP contribution in [0.1, 0.15) is 194 Å². The van der Waals surface area contributed by atoms with E-state index in [2.05, 4.69) is 135 Å². The summed E-state index contributed by atoms with van der Waals surface area (Å²) in [5, 5.41) is 11.8. The van der Waals surface area contributed by atoms with Crippen LogP contribution in [-0.2, 0) is 33.3 Å². The Hall–Kier alpha value is -4.31. The van der Waals surface area contributed by atoms with Crippen LogP contribution in [0.4, 0.5) is 0 Å². The monoisotopic (exact) mass is 988 g/mol. The lowest BCUT2D eigenvalue weighted by Crippen LogP contribution is -2.44. The lowest BCUT2D eigenvalue weighted by molar-refractivity contribution is -0.870. The summed E-state index contributed by atoms with van der Waals surface area (Å²) < 4.78 is 22.6. The fourth-order valence-electron chi connectivity index (χ4n) is 7.00. The normalized spacial score (nSPS) is 13.8. The largest absolute Gasteiger partial charge is 0.545 e. The van der Waals surface area contributed by atoms with Crippen LogP contribution in [-0.4, -0.2) is 82.3 Å². The number of likely N-dealkylation sites (N-methyl/N-ethyl adjacent to an activating group) is 1. The van der Waals surface area contributed by atoms with Crippen molar-refractivity contribution in [1.29, 1.82) is 0 Å². The molecule has 0 aromatic heterocycles. The van der Waals surface area contributed by atoms with E-state index in [1.165, 1.54) is 32.1 Å². The van der Waals surface area contributed by atoms with Crippen molar-refractivity contribution in [3.63, 3.8) is 0 Å². The molecule has 0 saturated heterocycles. The van der Waals surface area contributed by atoms with Crippen LogP contribution >= 0.6 is 0 Å². The molecule has 0 heterocycles. The SMILES string of the molecule is CC/C=C\C/C=C\C/C=C\C/C=C\C/C=C\C/C=C\C/C=C\CCCCCCCCCCCC(=O)OC(COC(=O)CCCCCCC/C=C\C/C=C\C/C=C\CC)COC(OCC[N+](C)(C)C)C(=O)[O-]. The first-order valence-electron chi connectivity index (χ1n) is 27.7. The predicted octanol–water partition coefficient (Wildman–Crippen LogP) is 14.8. The first-order valence-corrected chi connectivity index (χ1v) is 27.7. The van der Waals surface area contributed by atoms with Crippen molar-refractivity contribution in [3.8, 4) is 0 Å². The van der Waals surface area contributed by atoms with E-state index in [9.17, 15) is 19.5 Å². The van der Waals surface area contributed by atoms with Crippen LogP contribution in [0.15, 0.2) is 122 Å². The fourth-order valence-corrected chi connectivity index (χ4v) is 7.00. The molecule has 2 atom stereocenters. The topological polar surface area (TPSA) is 111 Å². The Morgan fingerprint density at radius 3 is 1.13 bits per heavy atom. The number of unbranched alkanes of at least 4 members (excludes halogenated alkanes) is 14. The molecule has 0 aliphatic heterocycles. The molecule has 0 aliphatic carbocycles. The summed E-state index contributed by atoms with van der Waals surface area (Å²) in [4.78, 5) is 37.2. The number of carbonyl (C=O) groups is 3. The number of carbonyl (C=O) groups excluding carboxylic acids is 3. The number of quaternary nitrogens is 1. The lowest BCUT2D eigenvalue weighted by Gasteiger charge is -2.26. The van der Waals surface area contributed by atoms with Gasteiger partial charge in [-0.15, -0.1) is 0 Å². The highest BCUT2D eigenvalue weighted by molar-refractivity contribution is 5.70. The first kappa shape index (κ1) is 66.7. The van der Waals surface area contributed by atoms with Crippen LogP contribution in [0.3, 0.4) is 0 Å². The van der Waals surface area contributed by atoms with E-state index in [0.717, 1.165) is 122 Å². The maximum atomic E-state index is 12.8. The summed E-state index contributed by atoms with van der Waals surface area (Å²) >= 11 is 0. The number of carboxylic acids is 1. The molecular weight excluding hydrogens is 887 g/mol. The summed E-state index contributed by atoms with van der Waals surface area (Å²) in [5.74, 6) is -2.33. The molecule has 0 bridgehead atoms. The quantitative estimate of drug-likeness (QED) is 0.0195. The van der Waals surface area contributed by atoms with E-state index in [0.29, 0.717) is 23.9 Å². The predicted molar refractivity (Wildman–Crippen MR) is 296 cm³/mol. The van der Waals surface area contributed by atoms with Gasteiger partial charge in [-0.25, -0.2) is 0 Å². The second-order valence-corrected chi connectivity index (χ2v) is 19.1. The molecule has 0 saturated carbocycles. The third-order valence-corrected chi connectivity index (χ3v) is 11.2. The summed E-state index contributed by atoms with van der Waals surface area (Å²) in [5.41, 5.74) is 0. The minimum atomic E-state index is -1.63. The molecule has 0 aromatic carbocycles. The van der Waals surface area contributed by atoms with Crippen LogP contribution < -0.4 is 5.11 Å². The molecule has 0 radical (unpaired) electrons. The fraction of sp³-hybridized carbons (Fsp3) is 0.629. The molecule has 0 rings (SSSR count).